The Hall–Kier alpha value is -2.36. The van der Waals surface area contributed by atoms with Crippen molar-refractivity contribution in [3.63, 3.8) is 0 Å². The molecule has 0 aliphatic rings. The average molecular weight is 311 g/mol. The number of carbonyl (C=O) groups excluding carboxylic acids is 1. The number of carbonyl (C=O) groups is 2. The zero-order chi connectivity index (χ0) is 15.4. The van der Waals surface area contributed by atoms with Crippen molar-refractivity contribution in [2.45, 2.75) is 18.1 Å². The fourth-order valence-corrected chi connectivity index (χ4v) is 2.45. The first-order valence-corrected chi connectivity index (χ1v) is 6.89. The molecule has 0 spiro atoms. The van der Waals surface area contributed by atoms with Gasteiger partial charge < -0.3 is 20.1 Å². The number of aryl methyl sites for hydroxylation is 1. The van der Waals surface area contributed by atoms with Gasteiger partial charge in [-0.25, -0.2) is 9.97 Å². The first-order chi connectivity index (χ1) is 10.0. The third-order valence-electron chi connectivity index (χ3n) is 2.56. The van der Waals surface area contributed by atoms with Crippen LogP contribution in [0.1, 0.15) is 6.42 Å². The smallest absolute Gasteiger partial charge is 0.313 e. The number of aromatic nitrogens is 4. The van der Waals surface area contributed by atoms with Crippen LogP contribution in [0.2, 0.25) is 0 Å². The second kappa shape index (κ2) is 6.39. The molecule has 0 aliphatic carbocycles. The van der Waals surface area contributed by atoms with Crippen LogP contribution < -0.4 is 10.5 Å². The minimum Gasteiger partial charge on any atom is -0.481 e. The van der Waals surface area contributed by atoms with Crippen molar-refractivity contribution in [2.24, 2.45) is 5.73 Å². The lowest BCUT2D eigenvalue weighted by molar-refractivity contribution is -0.134. The second-order valence-electron chi connectivity index (χ2n) is 4.00. The molecule has 0 saturated carbocycles. The van der Waals surface area contributed by atoms with Crippen molar-refractivity contribution in [3.05, 3.63) is 6.33 Å². The molecule has 0 unspecified atom stereocenters. The number of nitrogens with zero attached hydrogens (tertiary/aromatic N) is 4. The van der Waals surface area contributed by atoms with E-state index in [1.54, 1.807) is 4.57 Å². The van der Waals surface area contributed by atoms with E-state index in [0.717, 1.165) is 11.8 Å². The Morgan fingerprint density at radius 1 is 1.48 bits per heavy atom. The van der Waals surface area contributed by atoms with Gasteiger partial charge in [-0.3, -0.25) is 9.59 Å². The van der Waals surface area contributed by atoms with E-state index in [9.17, 15) is 9.59 Å². The maximum absolute atomic E-state index is 11.0. The number of primary amides is 1. The highest BCUT2D eigenvalue weighted by molar-refractivity contribution is 7.99. The minimum absolute atomic E-state index is 0.0956. The summed E-state index contributed by atoms with van der Waals surface area (Å²) in [6, 6.07) is 0. The lowest BCUT2D eigenvalue weighted by Gasteiger charge is -2.05. The molecule has 1 amide bonds. The maximum Gasteiger partial charge on any atom is 0.313 e. The summed E-state index contributed by atoms with van der Waals surface area (Å²) >= 11 is 1.03. The first kappa shape index (κ1) is 15.0. The van der Waals surface area contributed by atoms with E-state index in [4.69, 9.17) is 15.6 Å². The summed E-state index contributed by atoms with van der Waals surface area (Å²) in [5, 5.41) is 9.20. The van der Waals surface area contributed by atoms with Crippen LogP contribution in [0, 0.1) is 0 Å². The minimum atomic E-state index is -0.966. The Balaban J connectivity index is 2.45. The Bertz CT molecular complexity index is 687. The summed E-state index contributed by atoms with van der Waals surface area (Å²) in [4.78, 5) is 34.0. The molecule has 21 heavy (non-hydrogen) atoms. The molecule has 0 atom stereocenters. The summed E-state index contributed by atoms with van der Waals surface area (Å²) in [6.07, 6.45) is 1.41. The van der Waals surface area contributed by atoms with Crippen molar-refractivity contribution in [3.8, 4) is 5.88 Å². The number of aliphatic carboxylic acids is 1. The van der Waals surface area contributed by atoms with Crippen LogP contribution in [0.4, 0.5) is 0 Å². The standard InChI is InChI=1S/C11H13N5O4S/c1-20-10-8-9(13-5-14-10)16(3-2-6(12)17)11(15-8)21-4-7(18)19/h5H,2-4H2,1H3,(H2,12,17)(H,18,19). The largest absolute Gasteiger partial charge is 0.481 e. The van der Waals surface area contributed by atoms with E-state index in [0.29, 0.717) is 16.3 Å². The van der Waals surface area contributed by atoms with Gasteiger partial charge in [0.15, 0.2) is 16.3 Å². The van der Waals surface area contributed by atoms with Gasteiger partial charge in [-0.15, -0.1) is 0 Å². The number of hydrogen-bond donors (Lipinski definition) is 2. The molecule has 0 radical (unpaired) electrons. The quantitative estimate of drug-likeness (QED) is 0.676. The number of methoxy groups -OCH3 is 1. The molecule has 2 heterocycles. The van der Waals surface area contributed by atoms with Crippen molar-refractivity contribution in [1.82, 2.24) is 19.5 Å². The van der Waals surface area contributed by atoms with Crippen molar-refractivity contribution in [2.75, 3.05) is 12.9 Å². The number of hydrogen-bond acceptors (Lipinski definition) is 7. The van der Waals surface area contributed by atoms with Crippen LogP contribution in [0.15, 0.2) is 11.5 Å². The molecule has 2 aromatic heterocycles. The number of fused-ring (bicyclic) bond motifs is 1. The van der Waals surface area contributed by atoms with E-state index >= 15 is 0 Å². The molecule has 3 N–H and O–H groups in total. The van der Waals surface area contributed by atoms with Crippen molar-refractivity contribution < 1.29 is 19.4 Å². The van der Waals surface area contributed by atoms with Crippen LogP contribution in [-0.2, 0) is 16.1 Å². The Morgan fingerprint density at radius 2 is 2.24 bits per heavy atom. The molecule has 0 fully saturated rings. The van der Waals surface area contributed by atoms with Gasteiger partial charge in [0.05, 0.1) is 12.9 Å². The predicted octanol–water partition coefficient (Wildman–Crippen LogP) is -0.113. The first-order valence-electron chi connectivity index (χ1n) is 5.91. The van der Waals surface area contributed by atoms with E-state index in [2.05, 4.69) is 15.0 Å². The molecule has 0 aliphatic heterocycles. The van der Waals surface area contributed by atoms with Crippen molar-refractivity contribution in [1.29, 1.82) is 0 Å². The molecule has 0 bridgehead atoms. The molecule has 9 nitrogen and oxygen atoms in total. The number of nitrogens with two attached hydrogens (primary N) is 1. The maximum atomic E-state index is 11.0. The van der Waals surface area contributed by atoms with E-state index in [-0.39, 0.29) is 24.6 Å². The lowest BCUT2D eigenvalue weighted by atomic mass is 10.4. The Labute approximate surface area is 123 Å². The molecule has 2 aromatic rings. The van der Waals surface area contributed by atoms with Gasteiger partial charge in [-0.1, -0.05) is 11.8 Å². The highest BCUT2D eigenvalue weighted by Gasteiger charge is 2.17. The van der Waals surface area contributed by atoms with Gasteiger partial charge in [0.2, 0.25) is 11.8 Å². The Kier molecular flexibility index (Phi) is 4.58. The van der Waals surface area contributed by atoms with E-state index in [1.807, 2.05) is 0 Å². The SMILES string of the molecule is COc1ncnc2c1nc(SCC(=O)O)n2CCC(N)=O. The van der Waals surface area contributed by atoms with E-state index in [1.165, 1.54) is 13.4 Å². The summed E-state index contributed by atoms with van der Waals surface area (Å²) in [5.74, 6) is -1.30. The van der Waals surface area contributed by atoms with Crippen LogP contribution in [0.3, 0.4) is 0 Å². The molecule has 0 saturated heterocycles. The number of ether oxygens (including phenoxy) is 1. The average Bonchev–Trinajstić information content (AvgIpc) is 2.80. The van der Waals surface area contributed by atoms with E-state index < -0.39 is 11.9 Å². The number of carboxylic acids is 1. The number of thioether (sulfide) groups is 1. The zero-order valence-corrected chi connectivity index (χ0v) is 12.0. The van der Waals surface area contributed by atoms with Gasteiger partial charge in [0.25, 0.3) is 0 Å². The molecular formula is C11H13N5O4S. The molecule has 10 heteroatoms. The third-order valence-corrected chi connectivity index (χ3v) is 3.52. The van der Waals surface area contributed by atoms with Gasteiger partial charge >= 0.3 is 5.97 Å². The van der Waals surface area contributed by atoms with Crippen LogP contribution in [0.5, 0.6) is 5.88 Å². The predicted molar refractivity (Wildman–Crippen MR) is 74.0 cm³/mol. The van der Waals surface area contributed by atoms with Gasteiger partial charge in [-0.2, -0.15) is 4.98 Å². The molecule has 0 aromatic carbocycles. The highest BCUT2D eigenvalue weighted by atomic mass is 32.2. The Morgan fingerprint density at radius 3 is 2.86 bits per heavy atom. The summed E-state index contributed by atoms with van der Waals surface area (Å²) < 4.78 is 6.74. The normalized spacial score (nSPS) is 10.7. The number of carboxylic acid groups (broad SMARTS) is 1. The molecule has 112 valence electrons. The summed E-state index contributed by atoms with van der Waals surface area (Å²) in [6.45, 7) is 0.258. The van der Waals surface area contributed by atoms with Gasteiger partial charge in [0.1, 0.15) is 6.33 Å². The molecule has 2 rings (SSSR count). The number of imidazole rings is 1. The fraction of sp³-hybridized carbons (Fsp3) is 0.364. The topological polar surface area (TPSA) is 133 Å². The molecular weight excluding hydrogens is 298 g/mol. The summed E-state index contributed by atoms with van der Waals surface area (Å²) in [5.41, 5.74) is 6.03. The highest BCUT2D eigenvalue weighted by Crippen LogP contribution is 2.27. The van der Waals surface area contributed by atoms with Gasteiger partial charge in [0, 0.05) is 13.0 Å². The lowest BCUT2D eigenvalue weighted by Crippen LogP contribution is -2.14. The van der Waals surface area contributed by atoms with Crippen LogP contribution in [-0.4, -0.2) is 49.4 Å². The monoisotopic (exact) mass is 311 g/mol. The zero-order valence-electron chi connectivity index (χ0n) is 11.1. The van der Waals surface area contributed by atoms with Gasteiger partial charge in [-0.05, 0) is 0 Å². The second-order valence-corrected chi connectivity index (χ2v) is 4.94. The van der Waals surface area contributed by atoms with Crippen LogP contribution in [0.25, 0.3) is 11.2 Å². The van der Waals surface area contributed by atoms with Crippen LogP contribution >= 0.6 is 11.8 Å². The summed E-state index contributed by atoms with van der Waals surface area (Å²) in [7, 11) is 1.45. The van der Waals surface area contributed by atoms with Crippen molar-refractivity contribution >= 4 is 34.8 Å². The number of rotatable bonds is 7. The number of amides is 1. The fourth-order valence-electron chi connectivity index (χ4n) is 1.71. The third kappa shape index (κ3) is 3.40.